The molecule has 5 aromatic heterocycles. The Hall–Kier alpha value is -3.91. The second kappa shape index (κ2) is 6.57. The lowest BCUT2D eigenvalue weighted by Gasteiger charge is -2.00. The molecule has 6 rings (SSSR count). The van der Waals surface area contributed by atoms with Crippen LogP contribution < -0.4 is 0 Å². The highest BCUT2D eigenvalue weighted by Crippen LogP contribution is 2.34. The molecule has 0 fully saturated rings. The van der Waals surface area contributed by atoms with E-state index in [1.807, 2.05) is 36.4 Å². The number of para-hydroxylation sites is 1. The molecule has 1 aromatic carbocycles. The molecule has 0 saturated carbocycles. The van der Waals surface area contributed by atoms with E-state index in [2.05, 4.69) is 25.1 Å². The molecule has 5 heterocycles. The van der Waals surface area contributed by atoms with Crippen LogP contribution in [0, 0.1) is 5.13 Å². The van der Waals surface area contributed by atoms with E-state index in [9.17, 15) is 4.39 Å². The van der Waals surface area contributed by atoms with Crippen molar-refractivity contribution in [2.24, 2.45) is 0 Å². The Balaban J connectivity index is 1.52. The Morgan fingerprint density at radius 3 is 2.70 bits per heavy atom. The van der Waals surface area contributed by atoms with E-state index in [-0.39, 0.29) is 5.13 Å². The number of imidazole rings is 1. The number of halogens is 1. The molecule has 0 atom stereocenters. The summed E-state index contributed by atoms with van der Waals surface area (Å²) in [5.41, 5.74) is 5.89. The average Bonchev–Trinajstić information content (AvgIpc) is 3.51. The van der Waals surface area contributed by atoms with Crippen LogP contribution in [0.3, 0.4) is 0 Å². The van der Waals surface area contributed by atoms with Crippen LogP contribution >= 0.6 is 11.3 Å². The zero-order chi connectivity index (χ0) is 20.1. The Bertz CT molecular complexity index is 1520. The summed E-state index contributed by atoms with van der Waals surface area (Å²) < 4.78 is 13.6. The number of nitrogens with zero attached hydrogens (tertiary/aromatic N) is 4. The van der Waals surface area contributed by atoms with E-state index in [1.54, 1.807) is 24.7 Å². The van der Waals surface area contributed by atoms with Gasteiger partial charge in [-0.2, -0.15) is 9.49 Å². The second-order valence-electron chi connectivity index (χ2n) is 6.81. The van der Waals surface area contributed by atoms with Crippen molar-refractivity contribution < 1.29 is 4.39 Å². The van der Waals surface area contributed by atoms with E-state index in [1.165, 1.54) is 6.07 Å². The van der Waals surface area contributed by atoms with Gasteiger partial charge in [-0.3, -0.25) is 15.1 Å². The second-order valence-corrected chi connectivity index (χ2v) is 7.85. The van der Waals surface area contributed by atoms with Crippen LogP contribution in [0.1, 0.15) is 0 Å². The van der Waals surface area contributed by atoms with Crippen LogP contribution in [0.2, 0.25) is 0 Å². The third kappa shape index (κ3) is 2.69. The van der Waals surface area contributed by atoms with Gasteiger partial charge in [0.1, 0.15) is 5.69 Å². The predicted octanol–water partition coefficient (Wildman–Crippen LogP) is 5.43. The molecule has 0 spiro atoms. The number of benzene rings is 1. The lowest BCUT2D eigenvalue weighted by atomic mass is 10.1. The van der Waals surface area contributed by atoms with Gasteiger partial charge >= 0.3 is 0 Å². The highest BCUT2D eigenvalue weighted by molar-refractivity contribution is 7.14. The minimum Gasteiger partial charge on any atom is -0.337 e. The number of fused-ring (bicyclic) bond motifs is 2. The summed E-state index contributed by atoms with van der Waals surface area (Å²) in [6.07, 6.45) is 5.25. The fourth-order valence-electron chi connectivity index (χ4n) is 3.58. The van der Waals surface area contributed by atoms with Crippen molar-refractivity contribution in [2.45, 2.75) is 0 Å². The van der Waals surface area contributed by atoms with Gasteiger partial charge < -0.3 is 4.98 Å². The topological polar surface area (TPSA) is 83.1 Å². The summed E-state index contributed by atoms with van der Waals surface area (Å²) in [6, 6.07) is 14.9. The molecule has 0 saturated heterocycles. The monoisotopic (exact) mass is 412 g/mol. The van der Waals surface area contributed by atoms with Gasteiger partial charge in [0.05, 0.1) is 28.4 Å². The molecule has 0 aliphatic carbocycles. The third-order valence-electron chi connectivity index (χ3n) is 5.00. The van der Waals surface area contributed by atoms with Crippen LogP contribution in [0.5, 0.6) is 0 Å². The number of aromatic nitrogens is 6. The number of hydrogen-bond donors (Lipinski definition) is 2. The lowest BCUT2D eigenvalue weighted by molar-refractivity contribution is 0.657. The van der Waals surface area contributed by atoms with Crippen LogP contribution in [0.25, 0.3) is 55.2 Å². The molecular weight excluding hydrogens is 399 g/mol. The maximum absolute atomic E-state index is 13.6. The summed E-state index contributed by atoms with van der Waals surface area (Å²) in [6.45, 7) is 0. The molecular formula is C22H13FN6S. The van der Waals surface area contributed by atoms with Crippen molar-refractivity contribution in [3.8, 4) is 33.2 Å². The Morgan fingerprint density at radius 1 is 0.967 bits per heavy atom. The molecule has 0 amide bonds. The number of rotatable bonds is 3. The van der Waals surface area contributed by atoms with Gasteiger partial charge in [-0.1, -0.05) is 12.1 Å². The van der Waals surface area contributed by atoms with Crippen molar-refractivity contribution in [1.29, 1.82) is 0 Å². The molecule has 0 aliphatic rings. The molecule has 6 aromatic rings. The van der Waals surface area contributed by atoms with E-state index >= 15 is 0 Å². The van der Waals surface area contributed by atoms with E-state index in [0.717, 1.165) is 55.0 Å². The minimum atomic E-state index is -0.216. The van der Waals surface area contributed by atoms with Crippen LogP contribution in [-0.4, -0.2) is 30.1 Å². The van der Waals surface area contributed by atoms with Crippen molar-refractivity contribution in [3.05, 3.63) is 72.3 Å². The predicted molar refractivity (Wildman–Crippen MR) is 115 cm³/mol. The van der Waals surface area contributed by atoms with E-state index in [0.29, 0.717) is 11.5 Å². The summed E-state index contributed by atoms with van der Waals surface area (Å²) in [7, 11) is 0. The summed E-state index contributed by atoms with van der Waals surface area (Å²) >= 11 is 1.11. The van der Waals surface area contributed by atoms with Gasteiger partial charge in [-0.15, -0.1) is 11.3 Å². The Kier molecular flexibility index (Phi) is 3.72. The maximum atomic E-state index is 13.6. The first kappa shape index (κ1) is 17.0. The van der Waals surface area contributed by atoms with Crippen molar-refractivity contribution in [3.63, 3.8) is 0 Å². The lowest BCUT2D eigenvalue weighted by Crippen LogP contribution is -1.85. The van der Waals surface area contributed by atoms with Crippen LogP contribution in [0.4, 0.5) is 4.39 Å². The van der Waals surface area contributed by atoms with Gasteiger partial charge in [0, 0.05) is 33.8 Å². The van der Waals surface area contributed by atoms with Crippen molar-refractivity contribution >= 4 is 33.3 Å². The summed E-state index contributed by atoms with van der Waals surface area (Å²) in [4.78, 5) is 17.6. The molecule has 2 N–H and O–H groups in total. The van der Waals surface area contributed by atoms with Crippen LogP contribution in [0.15, 0.2) is 67.1 Å². The molecule has 30 heavy (non-hydrogen) atoms. The molecule has 8 heteroatoms. The SMILES string of the molecule is Fc1ccc(-c2cccc3[nH]c(-c4n[nH]c5cnc(-c6ccncc6)cc45)nc23)s1. The number of nitrogens with one attached hydrogen (secondary N) is 2. The highest BCUT2D eigenvalue weighted by Gasteiger charge is 2.16. The first-order valence-corrected chi connectivity index (χ1v) is 10.1. The van der Waals surface area contributed by atoms with Gasteiger partial charge in [0.2, 0.25) is 0 Å². The fourth-order valence-corrected chi connectivity index (χ4v) is 4.34. The number of pyridine rings is 2. The number of H-pyrrole nitrogens is 2. The number of aromatic amines is 2. The third-order valence-corrected chi connectivity index (χ3v) is 5.91. The molecule has 0 unspecified atom stereocenters. The van der Waals surface area contributed by atoms with Gasteiger partial charge in [-0.25, -0.2) is 4.98 Å². The normalized spacial score (nSPS) is 11.5. The van der Waals surface area contributed by atoms with Crippen LogP contribution in [-0.2, 0) is 0 Å². The molecule has 144 valence electrons. The number of thiophene rings is 1. The van der Waals surface area contributed by atoms with Crippen molar-refractivity contribution in [2.75, 3.05) is 0 Å². The Morgan fingerprint density at radius 2 is 1.87 bits per heavy atom. The standard InChI is InChI=1S/C22H13FN6S/c23-19-5-4-18(30-19)13-2-1-3-15-20(13)27-22(26-15)21-14-10-16(12-6-8-24-9-7-12)25-11-17(14)28-29-21/h1-11H,(H,26,27)(H,28,29). The van der Waals surface area contributed by atoms with Crippen molar-refractivity contribution in [1.82, 2.24) is 30.1 Å². The summed E-state index contributed by atoms with van der Waals surface area (Å²) in [5.74, 6) is 0.646. The first-order chi connectivity index (χ1) is 14.8. The number of hydrogen-bond acceptors (Lipinski definition) is 5. The average molecular weight is 412 g/mol. The zero-order valence-corrected chi connectivity index (χ0v) is 16.2. The van der Waals surface area contributed by atoms with Gasteiger partial charge in [0.25, 0.3) is 0 Å². The Labute approximate surface area is 173 Å². The molecule has 0 bridgehead atoms. The fraction of sp³-hybridized carbons (Fsp3) is 0. The largest absolute Gasteiger partial charge is 0.337 e. The summed E-state index contributed by atoms with van der Waals surface area (Å²) in [5, 5.41) is 8.20. The van der Waals surface area contributed by atoms with Gasteiger partial charge in [-0.05, 0) is 36.4 Å². The molecule has 0 aliphatic heterocycles. The quantitative estimate of drug-likeness (QED) is 0.406. The maximum Gasteiger partial charge on any atom is 0.176 e. The molecule has 6 nitrogen and oxygen atoms in total. The first-order valence-electron chi connectivity index (χ1n) is 9.25. The van der Waals surface area contributed by atoms with Gasteiger partial charge in [0.15, 0.2) is 11.0 Å². The minimum absolute atomic E-state index is 0.216. The highest BCUT2D eigenvalue weighted by atomic mass is 32.1. The molecule has 0 radical (unpaired) electrons. The smallest absolute Gasteiger partial charge is 0.176 e. The zero-order valence-electron chi connectivity index (χ0n) is 15.4. The van der Waals surface area contributed by atoms with E-state index < -0.39 is 0 Å². The van der Waals surface area contributed by atoms with E-state index in [4.69, 9.17) is 4.98 Å².